The maximum Gasteiger partial charge on any atom is 0.357 e. The van der Waals surface area contributed by atoms with Crippen molar-refractivity contribution in [3.05, 3.63) is 88.1 Å². The molecule has 0 unspecified atom stereocenters. The minimum Gasteiger partial charge on any atom is -0.488 e. The smallest absolute Gasteiger partial charge is 0.357 e. The van der Waals surface area contributed by atoms with Gasteiger partial charge in [-0.3, -0.25) is 15.0 Å². The van der Waals surface area contributed by atoms with Crippen LogP contribution in [0.4, 0.5) is 5.69 Å². The molecule has 2 aromatic heterocycles. The summed E-state index contributed by atoms with van der Waals surface area (Å²) in [4.78, 5) is 44.6. The van der Waals surface area contributed by atoms with E-state index in [0.717, 1.165) is 22.4 Å². The third-order valence-electron chi connectivity index (χ3n) is 6.53. The van der Waals surface area contributed by atoms with Gasteiger partial charge in [0.05, 0.1) is 7.11 Å². The van der Waals surface area contributed by atoms with E-state index in [9.17, 15) is 14.4 Å². The van der Waals surface area contributed by atoms with Gasteiger partial charge in [-0.25, -0.2) is 9.78 Å². The fourth-order valence-corrected chi connectivity index (χ4v) is 5.38. The summed E-state index contributed by atoms with van der Waals surface area (Å²) in [7, 11) is 1.23. The molecule has 5 rings (SSSR count). The van der Waals surface area contributed by atoms with Gasteiger partial charge in [-0.2, -0.15) is 0 Å². The third-order valence-corrected chi connectivity index (χ3v) is 7.52. The summed E-state index contributed by atoms with van der Waals surface area (Å²) < 4.78 is 11.0. The number of nitrogens with one attached hydrogen (secondary N) is 3. The number of anilines is 1. The number of benzene rings is 2. The second-order valence-electron chi connectivity index (χ2n) is 9.24. The Morgan fingerprint density at radius 2 is 1.83 bits per heavy atom. The largest absolute Gasteiger partial charge is 0.488 e. The number of carbonyl (C=O) groups is 3. The van der Waals surface area contributed by atoms with E-state index in [1.807, 2.05) is 18.4 Å². The number of nitrogens with two attached hydrogens (primary N) is 1. The van der Waals surface area contributed by atoms with Crippen molar-refractivity contribution in [3.8, 4) is 27.3 Å². The van der Waals surface area contributed by atoms with Crippen molar-refractivity contribution in [1.29, 1.82) is 5.41 Å². The predicted octanol–water partition coefficient (Wildman–Crippen LogP) is 4.83. The van der Waals surface area contributed by atoms with Gasteiger partial charge < -0.3 is 25.8 Å². The maximum atomic E-state index is 13.8. The molecule has 0 bridgehead atoms. The summed E-state index contributed by atoms with van der Waals surface area (Å²) in [6, 6.07) is 15.1. The van der Waals surface area contributed by atoms with Gasteiger partial charge in [-0.05, 0) is 66.4 Å². The molecule has 0 radical (unpaired) electrons. The minimum atomic E-state index is -0.754. The van der Waals surface area contributed by atoms with Crippen LogP contribution in [0.3, 0.4) is 0 Å². The van der Waals surface area contributed by atoms with Crippen molar-refractivity contribution in [2.75, 3.05) is 19.0 Å². The number of carbonyl (C=O) groups excluding carboxylic acids is 3. The molecule has 5 N–H and O–H groups in total. The summed E-state index contributed by atoms with van der Waals surface area (Å²) in [5.74, 6) is -1.15. The first-order chi connectivity index (χ1) is 19.8. The third kappa shape index (κ3) is 5.52. The number of hydrogen-bond acceptors (Lipinski definition) is 8. The van der Waals surface area contributed by atoms with Crippen molar-refractivity contribution in [1.82, 2.24) is 10.3 Å². The predicted molar refractivity (Wildman–Crippen MR) is 157 cm³/mol. The average molecular weight is 570 g/mol. The van der Waals surface area contributed by atoms with E-state index in [1.54, 1.807) is 53.8 Å². The molecule has 0 fully saturated rings. The van der Waals surface area contributed by atoms with Gasteiger partial charge in [0.2, 0.25) is 0 Å². The zero-order valence-electron chi connectivity index (χ0n) is 22.4. The lowest BCUT2D eigenvalue weighted by molar-refractivity contribution is 0.0594. The van der Waals surface area contributed by atoms with Gasteiger partial charge in [-0.1, -0.05) is 6.92 Å². The number of aromatic nitrogens is 1. The first kappa shape index (κ1) is 27.5. The Kier molecular flexibility index (Phi) is 7.79. The second-order valence-corrected chi connectivity index (χ2v) is 10.2. The normalized spacial score (nSPS) is 11.5. The molecular weight excluding hydrogens is 542 g/mol. The van der Waals surface area contributed by atoms with Crippen LogP contribution in [0.15, 0.2) is 60.0 Å². The molecule has 4 aromatic rings. The summed E-state index contributed by atoms with van der Waals surface area (Å²) in [5, 5.41) is 15.2. The first-order valence-electron chi connectivity index (χ1n) is 12.8. The Morgan fingerprint density at radius 1 is 1.05 bits per heavy atom. The summed E-state index contributed by atoms with van der Waals surface area (Å²) in [6.07, 6.45) is 0.741. The molecule has 3 heterocycles. The highest BCUT2D eigenvalue weighted by atomic mass is 32.1. The Labute approximate surface area is 240 Å². The quantitative estimate of drug-likeness (QED) is 0.134. The van der Waals surface area contributed by atoms with E-state index in [1.165, 1.54) is 13.2 Å². The molecule has 11 heteroatoms. The van der Waals surface area contributed by atoms with Crippen LogP contribution in [0.2, 0.25) is 0 Å². The molecule has 0 atom stereocenters. The van der Waals surface area contributed by atoms with Crippen LogP contribution in [0, 0.1) is 5.41 Å². The lowest BCUT2D eigenvalue weighted by Crippen LogP contribution is -2.26. The van der Waals surface area contributed by atoms with E-state index in [-0.39, 0.29) is 22.8 Å². The molecule has 0 saturated carbocycles. The van der Waals surface area contributed by atoms with Gasteiger partial charge in [-0.15, -0.1) is 11.3 Å². The fourth-order valence-electron chi connectivity index (χ4n) is 4.44. The van der Waals surface area contributed by atoms with Crippen LogP contribution >= 0.6 is 11.3 Å². The highest BCUT2D eigenvalue weighted by Gasteiger charge is 2.27. The van der Waals surface area contributed by atoms with Crippen molar-refractivity contribution in [3.63, 3.8) is 0 Å². The molecule has 2 amide bonds. The molecule has 10 nitrogen and oxygen atoms in total. The second kappa shape index (κ2) is 11.6. The minimum absolute atomic E-state index is 0.0524. The number of nitrogens with zero attached hydrogens (tertiary/aromatic N) is 1. The lowest BCUT2D eigenvalue weighted by atomic mass is 9.92. The van der Waals surface area contributed by atoms with Crippen LogP contribution in [0.5, 0.6) is 5.75 Å². The first-order valence-corrected chi connectivity index (χ1v) is 13.7. The molecule has 0 spiro atoms. The Bertz CT molecular complexity index is 1680. The Balaban J connectivity index is 1.64. The van der Waals surface area contributed by atoms with Crippen molar-refractivity contribution >= 4 is 40.6 Å². The number of nitrogen functional groups attached to an aromatic ring is 1. The van der Waals surface area contributed by atoms with E-state index in [0.29, 0.717) is 41.3 Å². The molecule has 208 valence electrons. The van der Waals surface area contributed by atoms with Gasteiger partial charge in [0.25, 0.3) is 11.8 Å². The van der Waals surface area contributed by atoms with Gasteiger partial charge in [0, 0.05) is 50.5 Å². The van der Waals surface area contributed by atoms with Crippen LogP contribution in [-0.2, 0) is 11.3 Å². The van der Waals surface area contributed by atoms with Crippen LogP contribution in [0.25, 0.3) is 21.6 Å². The van der Waals surface area contributed by atoms with Crippen molar-refractivity contribution in [2.24, 2.45) is 5.73 Å². The van der Waals surface area contributed by atoms with Gasteiger partial charge >= 0.3 is 5.97 Å². The fraction of sp³-hybridized carbons (Fsp3) is 0.167. The van der Waals surface area contributed by atoms with Crippen LogP contribution < -0.4 is 21.1 Å². The number of thiophene rings is 1. The number of hydrogen-bond donors (Lipinski definition) is 4. The zero-order chi connectivity index (χ0) is 29.1. The number of pyridine rings is 1. The molecule has 1 aliphatic heterocycles. The summed E-state index contributed by atoms with van der Waals surface area (Å²) >= 11 is 1.55. The molecule has 2 aromatic carbocycles. The van der Waals surface area contributed by atoms with E-state index < -0.39 is 17.8 Å². The average Bonchev–Trinajstić information content (AvgIpc) is 3.48. The van der Waals surface area contributed by atoms with Crippen molar-refractivity contribution in [2.45, 2.75) is 20.0 Å². The lowest BCUT2D eigenvalue weighted by Gasteiger charge is -2.21. The summed E-state index contributed by atoms with van der Waals surface area (Å²) in [5.41, 5.74) is 9.24. The summed E-state index contributed by atoms with van der Waals surface area (Å²) in [6.45, 7) is 2.76. The van der Waals surface area contributed by atoms with Crippen LogP contribution in [0.1, 0.15) is 55.8 Å². The highest BCUT2D eigenvalue weighted by Crippen LogP contribution is 2.44. The number of rotatable bonds is 8. The number of ether oxygens (including phenoxy) is 2. The molecule has 0 saturated heterocycles. The number of amidine groups is 1. The topological polar surface area (TPSA) is 156 Å². The SMILES string of the molecule is CCCNC(=O)c1ccc(-c2cc3c(cc2C(=O)Nc2ccc(C(=N)N)cc2)-c2sccc2CO3)c(C(=O)OC)n1. The molecule has 0 aliphatic carbocycles. The number of amides is 2. The Morgan fingerprint density at radius 3 is 2.54 bits per heavy atom. The number of esters is 1. The van der Waals surface area contributed by atoms with Crippen molar-refractivity contribution < 1.29 is 23.9 Å². The number of fused-ring (bicyclic) bond motifs is 3. The maximum absolute atomic E-state index is 13.8. The van der Waals surface area contributed by atoms with Crippen LogP contribution in [-0.4, -0.2) is 42.3 Å². The zero-order valence-corrected chi connectivity index (χ0v) is 23.2. The molecular formula is C30H27N5O5S. The van der Waals surface area contributed by atoms with E-state index in [4.69, 9.17) is 20.6 Å². The highest BCUT2D eigenvalue weighted by molar-refractivity contribution is 7.13. The monoisotopic (exact) mass is 569 g/mol. The molecule has 41 heavy (non-hydrogen) atoms. The molecule has 1 aliphatic rings. The van der Waals surface area contributed by atoms with Gasteiger partial charge in [0.1, 0.15) is 23.9 Å². The van der Waals surface area contributed by atoms with E-state index in [2.05, 4.69) is 15.6 Å². The van der Waals surface area contributed by atoms with Gasteiger partial charge in [0.15, 0.2) is 5.69 Å². The standard InChI is InChI=1S/C30H27N5O5S/c1-3-11-33-29(37)23-9-8-19(25(35-23)30(38)39-2)20-14-24-22(26-17(15-40-24)10-12-41-26)13-21(20)28(36)34-18-6-4-16(5-7-18)27(31)32/h4-10,12-14H,3,11,15H2,1-2H3,(H3,31,32)(H,33,37)(H,34,36). The number of methoxy groups -OCH3 is 1. The van der Waals surface area contributed by atoms with E-state index >= 15 is 0 Å². The Hall–Kier alpha value is -5.03.